The second-order valence-corrected chi connectivity index (χ2v) is 9.33. The monoisotopic (exact) mass is 508 g/mol. The molecule has 2 aromatic carbocycles. The van der Waals surface area contributed by atoms with Gasteiger partial charge in [-0.1, -0.05) is 25.4 Å². The minimum Gasteiger partial charge on any atom is -0.493 e. The second kappa shape index (κ2) is 9.90. The Morgan fingerprint density at radius 1 is 1.20 bits per heavy atom. The number of aliphatic imine (C=N–C) groups is 1. The van der Waals surface area contributed by atoms with Crippen LogP contribution in [0, 0.1) is 5.92 Å². The number of rotatable bonds is 6. The van der Waals surface area contributed by atoms with Gasteiger partial charge in [0.2, 0.25) is 0 Å². The Morgan fingerprint density at radius 3 is 2.50 bits per heavy atom. The van der Waals surface area contributed by atoms with Gasteiger partial charge in [0.1, 0.15) is 0 Å². The summed E-state index contributed by atoms with van der Waals surface area (Å²) in [7, 11) is 3.17. The molecule has 158 valence electrons. The third-order valence-electron chi connectivity index (χ3n) is 4.24. The van der Waals surface area contributed by atoms with Gasteiger partial charge in [0.15, 0.2) is 16.7 Å². The van der Waals surface area contributed by atoms with E-state index >= 15 is 0 Å². The number of amidine groups is 1. The first-order valence-electron chi connectivity index (χ1n) is 9.29. The van der Waals surface area contributed by atoms with Gasteiger partial charge in [-0.25, -0.2) is 4.99 Å². The lowest BCUT2D eigenvalue weighted by molar-refractivity contribution is -0.122. The molecule has 0 radical (unpaired) electrons. The minimum absolute atomic E-state index is 0.0627. The van der Waals surface area contributed by atoms with Crippen molar-refractivity contribution in [1.29, 1.82) is 0 Å². The first-order valence-corrected chi connectivity index (χ1v) is 11.3. The zero-order valence-electron chi connectivity index (χ0n) is 17.1. The van der Waals surface area contributed by atoms with Crippen molar-refractivity contribution in [1.82, 2.24) is 4.90 Å². The maximum atomic E-state index is 13.1. The first-order chi connectivity index (χ1) is 14.3. The smallest absolute Gasteiger partial charge is 0.266 e. The summed E-state index contributed by atoms with van der Waals surface area (Å²) in [4.78, 5) is 20.1. The summed E-state index contributed by atoms with van der Waals surface area (Å²) >= 11 is 10.8. The molecule has 1 aliphatic heterocycles. The van der Waals surface area contributed by atoms with Crippen LogP contribution in [0.3, 0.4) is 0 Å². The van der Waals surface area contributed by atoms with E-state index < -0.39 is 0 Å². The van der Waals surface area contributed by atoms with Crippen molar-refractivity contribution in [3.05, 3.63) is 56.4 Å². The van der Waals surface area contributed by atoms with Crippen LogP contribution in [-0.4, -0.2) is 36.7 Å². The highest BCUT2D eigenvalue weighted by Crippen LogP contribution is 2.39. The maximum absolute atomic E-state index is 13.1. The average molecular weight is 510 g/mol. The van der Waals surface area contributed by atoms with E-state index in [1.165, 1.54) is 11.8 Å². The van der Waals surface area contributed by atoms with Gasteiger partial charge >= 0.3 is 0 Å². The minimum atomic E-state index is -0.0627. The van der Waals surface area contributed by atoms with E-state index in [4.69, 9.17) is 21.1 Å². The fraction of sp³-hybridized carbons (Fsp3) is 0.273. The number of carbonyl (C=O) groups is 1. The predicted molar refractivity (Wildman–Crippen MR) is 128 cm³/mol. The van der Waals surface area contributed by atoms with E-state index in [1.54, 1.807) is 31.3 Å². The fourth-order valence-corrected chi connectivity index (χ4v) is 4.67. The number of thioether (sulfide) groups is 1. The van der Waals surface area contributed by atoms with Crippen LogP contribution in [0.15, 0.2) is 50.8 Å². The molecule has 5 nitrogen and oxygen atoms in total. The van der Waals surface area contributed by atoms with Gasteiger partial charge in [-0.05, 0) is 81.6 Å². The predicted octanol–water partition coefficient (Wildman–Crippen LogP) is 6.38. The normalized spacial score (nSPS) is 16.8. The van der Waals surface area contributed by atoms with Crippen molar-refractivity contribution in [3.8, 4) is 11.5 Å². The lowest BCUT2D eigenvalue weighted by Gasteiger charge is -2.17. The average Bonchev–Trinajstić information content (AvgIpc) is 2.97. The van der Waals surface area contributed by atoms with Crippen molar-refractivity contribution in [2.45, 2.75) is 13.8 Å². The number of methoxy groups -OCH3 is 2. The zero-order chi connectivity index (χ0) is 21.8. The summed E-state index contributed by atoms with van der Waals surface area (Å²) in [5.41, 5.74) is 1.58. The largest absolute Gasteiger partial charge is 0.493 e. The molecule has 2 aromatic rings. The molecular weight excluding hydrogens is 488 g/mol. The van der Waals surface area contributed by atoms with Crippen LogP contribution < -0.4 is 9.47 Å². The molecule has 0 spiro atoms. The molecule has 0 unspecified atom stereocenters. The molecular formula is C22H22BrClN2O3S. The fourth-order valence-electron chi connectivity index (χ4n) is 2.92. The number of nitrogens with zero attached hydrogens (tertiary/aromatic N) is 2. The van der Waals surface area contributed by atoms with Gasteiger partial charge in [-0.15, -0.1) is 0 Å². The number of amides is 1. The summed E-state index contributed by atoms with van der Waals surface area (Å²) in [6, 6.07) is 11.0. The summed E-state index contributed by atoms with van der Waals surface area (Å²) < 4.78 is 11.5. The van der Waals surface area contributed by atoms with E-state index in [0.717, 1.165) is 15.7 Å². The van der Waals surface area contributed by atoms with E-state index in [2.05, 4.69) is 34.8 Å². The van der Waals surface area contributed by atoms with Crippen LogP contribution in [0.1, 0.15) is 19.4 Å². The lowest BCUT2D eigenvalue weighted by Crippen LogP contribution is -2.32. The molecule has 0 aliphatic carbocycles. The number of hydrogen-bond acceptors (Lipinski definition) is 5. The van der Waals surface area contributed by atoms with E-state index in [1.807, 2.05) is 30.3 Å². The SMILES string of the molecule is COc1cc(/C=C2\SC(=Nc3ccc(Cl)cc3)N(CC(C)C)C2=O)cc(Br)c1OC. The lowest BCUT2D eigenvalue weighted by atomic mass is 10.1. The van der Waals surface area contributed by atoms with Gasteiger partial charge in [0.05, 0.1) is 29.3 Å². The van der Waals surface area contributed by atoms with Crippen LogP contribution in [0.4, 0.5) is 5.69 Å². The van der Waals surface area contributed by atoms with Gasteiger partial charge in [0.25, 0.3) is 5.91 Å². The molecule has 30 heavy (non-hydrogen) atoms. The van der Waals surface area contributed by atoms with Crippen molar-refractivity contribution < 1.29 is 14.3 Å². The zero-order valence-corrected chi connectivity index (χ0v) is 20.3. The Balaban J connectivity index is 1.99. The summed E-state index contributed by atoms with van der Waals surface area (Å²) in [6.45, 7) is 4.74. The van der Waals surface area contributed by atoms with Gasteiger partial charge in [-0.3, -0.25) is 9.69 Å². The molecule has 8 heteroatoms. The molecule has 1 saturated heterocycles. The van der Waals surface area contributed by atoms with Crippen molar-refractivity contribution >= 4 is 62.1 Å². The molecule has 1 fully saturated rings. The van der Waals surface area contributed by atoms with Crippen LogP contribution in [0.5, 0.6) is 11.5 Å². The van der Waals surface area contributed by atoms with Gasteiger partial charge < -0.3 is 9.47 Å². The second-order valence-electron chi connectivity index (χ2n) is 7.03. The molecule has 1 amide bonds. The van der Waals surface area contributed by atoms with Crippen LogP contribution in [0.2, 0.25) is 5.02 Å². The highest BCUT2D eigenvalue weighted by Gasteiger charge is 2.33. The topological polar surface area (TPSA) is 51.1 Å². The molecule has 0 aromatic heterocycles. The third kappa shape index (κ3) is 5.20. The molecule has 1 heterocycles. The van der Waals surface area contributed by atoms with Gasteiger partial charge in [0, 0.05) is 11.6 Å². The molecule has 3 rings (SSSR count). The highest BCUT2D eigenvalue weighted by atomic mass is 79.9. The summed E-state index contributed by atoms with van der Waals surface area (Å²) in [5, 5.41) is 1.30. The van der Waals surface area contributed by atoms with Crippen LogP contribution >= 0.6 is 39.3 Å². The molecule has 0 N–H and O–H groups in total. The quantitative estimate of drug-likeness (QED) is 0.424. The number of ether oxygens (including phenoxy) is 2. The molecule has 1 aliphatic rings. The van der Waals surface area contributed by atoms with E-state index in [-0.39, 0.29) is 5.91 Å². The number of benzene rings is 2. The Bertz CT molecular complexity index is 1010. The Kier molecular flexibility index (Phi) is 7.50. The summed E-state index contributed by atoms with van der Waals surface area (Å²) in [5.74, 6) is 1.44. The first kappa shape index (κ1) is 22.7. The van der Waals surface area contributed by atoms with E-state index in [0.29, 0.717) is 39.1 Å². The Labute approximate surface area is 194 Å². The van der Waals surface area contributed by atoms with Gasteiger partial charge in [-0.2, -0.15) is 0 Å². The van der Waals surface area contributed by atoms with Crippen LogP contribution in [0.25, 0.3) is 6.08 Å². The van der Waals surface area contributed by atoms with E-state index in [9.17, 15) is 4.79 Å². The van der Waals surface area contributed by atoms with Crippen molar-refractivity contribution in [2.75, 3.05) is 20.8 Å². The number of halogens is 2. The highest BCUT2D eigenvalue weighted by molar-refractivity contribution is 9.10. The standard InChI is InChI=1S/C22H22BrClN2O3S/c1-13(2)12-26-21(27)19(30-22(26)25-16-7-5-15(24)6-8-16)11-14-9-17(23)20(29-4)18(10-14)28-3/h5-11,13H,12H2,1-4H3/b19-11-,25-22?. The Morgan fingerprint density at radius 2 is 1.90 bits per heavy atom. The van der Waals surface area contributed by atoms with Crippen LogP contribution in [-0.2, 0) is 4.79 Å². The van der Waals surface area contributed by atoms with Crippen molar-refractivity contribution in [3.63, 3.8) is 0 Å². The van der Waals surface area contributed by atoms with Crippen molar-refractivity contribution in [2.24, 2.45) is 10.9 Å². The maximum Gasteiger partial charge on any atom is 0.266 e. The molecule has 0 atom stereocenters. The summed E-state index contributed by atoms with van der Waals surface area (Å²) in [6.07, 6.45) is 1.84. The third-order valence-corrected chi connectivity index (χ3v) is 6.09. The molecule has 0 saturated carbocycles. The molecule has 0 bridgehead atoms. The number of carbonyl (C=O) groups excluding carboxylic acids is 1. The Hall–Kier alpha value is -1.96. The number of hydrogen-bond donors (Lipinski definition) is 0.